The van der Waals surface area contributed by atoms with E-state index in [4.69, 9.17) is 10.2 Å². The first-order chi connectivity index (χ1) is 8.78. The molecule has 0 amide bonds. The molecular formula is C12H12N4O2. The van der Waals surface area contributed by atoms with Gasteiger partial charge in [-0.15, -0.1) is 0 Å². The second kappa shape index (κ2) is 4.15. The Morgan fingerprint density at radius 2 is 2.06 bits per heavy atom. The van der Waals surface area contributed by atoms with E-state index in [1.165, 1.54) is 0 Å². The summed E-state index contributed by atoms with van der Waals surface area (Å²) in [6, 6.07) is 5.33. The fourth-order valence-corrected chi connectivity index (χ4v) is 1.87. The summed E-state index contributed by atoms with van der Waals surface area (Å²) in [4.78, 5) is 12.1. The Hall–Kier alpha value is -2.34. The Morgan fingerprint density at radius 3 is 2.83 bits per heavy atom. The maximum absolute atomic E-state index is 12.1. The van der Waals surface area contributed by atoms with E-state index in [0.29, 0.717) is 30.1 Å². The van der Waals surface area contributed by atoms with E-state index in [9.17, 15) is 4.79 Å². The molecular weight excluding hydrogens is 232 g/mol. The van der Waals surface area contributed by atoms with Gasteiger partial charge < -0.3 is 14.7 Å². The first-order valence-corrected chi connectivity index (χ1v) is 5.58. The lowest BCUT2D eigenvalue weighted by Crippen LogP contribution is -2.21. The van der Waals surface area contributed by atoms with Crippen LogP contribution < -0.4 is 11.3 Å². The largest absolute Gasteiger partial charge is 0.463 e. The Kier molecular flexibility index (Phi) is 2.49. The van der Waals surface area contributed by atoms with E-state index in [1.54, 1.807) is 33.7 Å². The van der Waals surface area contributed by atoms with Crippen molar-refractivity contribution in [3.63, 3.8) is 0 Å². The van der Waals surface area contributed by atoms with Gasteiger partial charge in [-0.05, 0) is 18.2 Å². The fourth-order valence-electron chi connectivity index (χ4n) is 1.87. The molecule has 18 heavy (non-hydrogen) atoms. The smallest absolute Gasteiger partial charge is 0.276 e. The van der Waals surface area contributed by atoms with Crippen LogP contribution in [0, 0.1) is 0 Å². The molecule has 3 aromatic rings. The van der Waals surface area contributed by atoms with E-state index in [-0.39, 0.29) is 5.56 Å². The van der Waals surface area contributed by atoms with Gasteiger partial charge in [0, 0.05) is 12.4 Å². The monoisotopic (exact) mass is 244 g/mol. The Balaban J connectivity index is 1.99. The Labute approximate surface area is 102 Å². The van der Waals surface area contributed by atoms with Crippen molar-refractivity contribution in [1.82, 2.24) is 14.2 Å². The van der Waals surface area contributed by atoms with Gasteiger partial charge in [-0.25, -0.2) is 4.52 Å². The van der Waals surface area contributed by atoms with E-state index < -0.39 is 0 Å². The van der Waals surface area contributed by atoms with E-state index in [0.717, 1.165) is 0 Å². The summed E-state index contributed by atoms with van der Waals surface area (Å²) < 4.78 is 8.61. The molecule has 0 radical (unpaired) electrons. The molecule has 0 fully saturated rings. The highest BCUT2D eigenvalue weighted by atomic mass is 16.3. The SMILES string of the molecule is NCc1ccc(Cn2ccn3nccc3c2=O)o1. The van der Waals surface area contributed by atoms with Gasteiger partial charge in [0.25, 0.3) is 5.56 Å². The maximum Gasteiger partial charge on any atom is 0.276 e. The van der Waals surface area contributed by atoms with Crippen molar-refractivity contribution in [2.75, 3.05) is 0 Å². The molecule has 3 heterocycles. The van der Waals surface area contributed by atoms with Gasteiger partial charge in [-0.2, -0.15) is 5.10 Å². The van der Waals surface area contributed by atoms with Crippen LogP contribution in [0.4, 0.5) is 0 Å². The second-order valence-corrected chi connectivity index (χ2v) is 3.96. The first kappa shape index (κ1) is 10.8. The van der Waals surface area contributed by atoms with Gasteiger partial charge in [0.2, 0.25) is 0 Å². The molecule has 3 aromatic heterocycles. The van der Waals surface area contributed by atoms with Gasteiger partial charge in [0.15, 0.2) is 0 Å². The highest BCUT2D eigenvalue weighted by Gasteiger charge is 2.06. The molecule has 0 spiro atoms. The van der Waals surface area contributed by atoms with Gasteiger partial charge in [0.05, 0.1) is 19.3 Å². The molecule has 0 saturated heterocycles. The van der Waals surface area contributed by atoms with Crippen molar-refractivity contribution in [3.8, 4) is 0 Å². The lowest BCUT2D eigenvalue weighted by molar-refractivity contribution is 0.452. The number of nitrogens with zero attached hydrogens (tertiary/aromatic N) is 3. The predicted molar refractivity (Wildman–Crippen MR) is 65.2 cm³/mol. The lowest BCUT2D eigenvalue weighted by atomic mass is 10.4. The van der Waals surface area contributed by atoms with Crippen LogP contribution in [-0.2, 0) is 13.1 Å². The van der Waals surface area contributed by atoms with Crippen molar-refractivity contribution in [2.24, 2.45) is 5.73 Å². The summed E-state index contributed by atoms with van der Waals surface area (Å²) in [5.41, 5.74) is 5.92. The van der Waals surface area contributed by atoms with Crippen LogP contribution in [-0.4, -0.2) is 14.2 Å². The van der Waals surface area contributed by atoms with Crippen LogP contribution >= 0.6 is 0 Å². The van der Waals surface area contributed by atoms with Gasteiger partial charge in [-0.1, -0.05) is 0 Å². The van der Waals surface area contributed by atoms with Crippen LogP contribution in [0.25, 0.3) is 5.52 Å². The number of nitrogens with two attached hydrogens (primary N) is 1. The van der Waals surface area contributed by atoms with Crippen molar-refractivity contribution in [1.29, 1.82) is 0 Å². The van der Waals surface area contributed by atoms with Crippen LogP contribution in [0.15, 0.2) is 46.0 Å². The molecule has 3 rings (SSSR count). The number of furan rings is 1. The maximum atomic E-state index is 12.1. The molecule has 92 valence electrons. The molecule has 6 nitrogen and oxygen atoms in total. The molecule has 0 aromatic carbocycles. The topological polar surface area (TPSA) is 78.5 Å². The third-order valence-corrected chi connectivity index (χ3v) is 2.78. The van der Waals surface area contributed by atoms with E-state index >= 15 is 0 Å². The van der Waals surface area contributed by atoms with Crippen molar-refractivity contribution < 1.29 is 4.42 Å². The summed E-state index contributed by atoms with van der Waals surface area (Å²) in [7, 11) is 0. The standard InChI is InChI=1S/C12H12N4O2/c13-7-9-1-2-10(18-9)8-15-5-6-16-11(12(15)17)3-4-14-16/h1-6H,7-8,13H2. The van der Waals surface area contributed by atoms with Gasteiger partial charge >= 0.3 is 0 Å². The summed E-state index contributed by atoms with van der Waals surface area (Å²) in [6.45, 7) is 0.747. The summed E-state index contributed by atoms with van der Waals surface area (Å²) in [5.74, 6) is 1.42. The minimum atomic E-state index is -0.0966. The molecule has 6 heteroatoms. The fraction of sp³-hybridized carbons (Fsp3) is 0.167. The number of hydrogen-bond acceptors (Lipinski definition) is 4. The Bertz CT molecular complexity index is 738. The van der Waals surface area contributed by atoms with Crippen LogP contribution in [0.5, 0.6) is 0 Å². The lowest BCUT2D eigenvalue weighted by Gasteiger charge is -2.03. The average molecular weight is 244 g/mol. The van der Waals surface area contributed by atoms with Gasteiger partial charge in [0.1, 0.15) is 17.0 Å². The minimum Gasteiger partial charge on any atom is -0.463 e. The van der Waals surface area contributed by atoms with Crippen LogP contribution in [0.1, 0.15) is 11.5 Å². The molecule has 0 atom stereocenters. The molecule has 0 aliphatic carbocycles. The van der Waals surface area contributed by atoms with Crippen LogP contribution in [0.3, 0.4) is 0 Å². The van der Waals surface area contributed by atoms with Crippen LogP contribution in [0.2, 0.25) is 0 Å². The zero-order valence-corrected chi connectivity index (χ0v) is 9.61. The minimum absolute atomic E-state index is 0.0966. The number of hydrogen-bond donors (Lipinski definition) is 1. The summed E-state index contributed by atoms with van der Waals surface area (Å²) in [6.07, 6.45) is 5.02. The normalized spacial score (nSPS) is 11.2. The quantitative estimate of drug-likeness (QED) is 0.731. The molecule has 0 aliphatic heterocycles. The number of rotatable bonds is 3. The summed E-state index contributed by atoms with van der Waals surface area (Å²) in [5, 5.41) is 4.01. The molecule has 0 aliphatic rings. The average Bonchev–Trinajstić information content (AvgIpc) is 3.01. The van der Waals surface area contributed by atoms with Crippen molar-refractivity contribution in [3.05, 3.63) is 58.7 Å². The molecule has 0 saturated carbocycles. The third kappa shape index (κ3) is 1.72. The number of fused-ring (bicyclic) bond motifs is 1. The molecule has 0 bridgehead atoms. The Morgan fingerprint density at radius 1 is 1.22 bits per heavy atom. The van der Waals surface area contributed by atoms with Gasteiger partial charge in [-0.3, -0.25) is 4.79 Å². The van der Waals surface area contributed by atoms with Crippen molar-refractivity contribution >= 4 is 5.52 Å². The zero-order valence-electron chi connectivity index (χ0n) is 9.61. The highest BCUT2D eigenvalue weighted by molar-refractivity contribution is 5.42. The highest BCUT2D eigenvalue weighted by Crippen LogP contribution is 2.08. The second-order valence-electron chi connectivity index (χ2n) is 3.96. The van der Waals surface area contributed by atoms with E-state index in [1.807, 2.05) is 12.1 Å². The number of aromatic nitrogens is 3. The third-order valence-electron chi connectivity index (χ3n) is 2.78. The summed E-state index contributed by atoms with van der Waals surface area (Å²) >= 11 is 0. The molecule has 0 unspecified atom stereocenters. The predicted octanol–water partition coefficient (Wildman–Crippen LogP) is 0.596. The first-order valence-electron chi connectivity index (χ1n) is 5.58. The van der Waals surface area contributed by atoms with Crippen molar-refractivity contribution in [2.45, 2.75) is 13.1 Å². The zero-order chi connectivity index (χ0) is 12.5. The van der Waals surface area contributed by atoms with E-state index in [2.05, 4.69) is 5.10 Å². The molecule has 2 N–H and O–H groups in total.